The predicted octanol–water partition coefficient (Wildman–Crippen LogP) is 4.30. The first-order valence-electron chi connectivity index (χ1n) is 7.36. The van der Waals surface area contributed by atoms with Crippen molar-refractivity contribution in [1.29, 1.82) is 0 Å². The van der Waals surface area contributed by atoms with Gasteiger partial charge in [0, 0.05) is 18.1 Å². The molecule has 116 valence electrons. The number of halogens is 2. The van der Waals surface area contributed by atoms with Crippen molar-refractivity contribution >= 4 is 34.8 Å². The first-order valence-corrected chi connectivity index (χ1v) is 8.12. The maximum absolute atomic E-state index is 12.4. The quantitative estimate of drug-likeness (QED) is 0.897. The molecule has 0 aromatic heterocycles. The third-order valence-electron chi connectivity index (χ3n) is 4.01. The molecule has 1 saturated heterocycles. The summed E-state index contributed by atoms with van der Waals surface area (Å²) in [4.78, 5) is 14.7. The summed E-state index contributed by atoms with van der Waals surface area (Å²) in [7, 11) is 0. The molecule has 0 unspecified atom stereocenters. The molecular formula is C16H22Cl2N2O. The minimum absolute atomic E-state index is 0.0412. The van der Waals surface area contributed by atoms with Crippen LogP contribution in [-0.2, 0) is 4.79 Å². The topological polar surface area (TPSA) is 32.3 Å². The molecule has 1 aliphatic rings. The number of piperidine rings is 1. The molecule has 1 heterocycles. The molecular weight excluding hydrogens is 307 g/mol. The number of amides is 1. The molecule has 0 bridgehead atoms. The van der Waals surface area contributed by atoms with Gasteiger partial charge < -0.3 is 5.32 Å². The molecule has 0 spiro atoms. The second kappa shape index (κ2) is 6.99. The molecule has 3 nitrogen and oxygen atoms in total. The molecule has 1 amide bonds. The zero-order chi connectivity index (χ0) is 15.6. The Morgan fingerprint density at radius 2 is 1.90 bits per heavy atom. The molecule has 0 radical (unpaired) electrons. The summed E-state index contributed by atoms with van der Waals surface area (Å²) in [6, 6.07) is 4.90. The van der Waals surface area contributed by atoms with Gasteiger partial charge in [-0.3, -0.25) is 9.69 Å². The van der Waals surface area contributed by atoms with Crippen LogP contribution >= 0.6 is 23.2 Å². The van der Waals surface area contributed by atoms with Crippen molar-refractivity contribution in [3.63, 3.8) is 0 Å². The molecule has 1 aromatic carbocycles. The van der Waals surface area contributed by atoms with E-state index >= 15 is 0 Å². The molecule has 1 aliphatic heterocycles. The molecule has 5 heteroatoms. The number of benzene rings is 1. The summed E-state index contributed by atoms with van der Waals surface area (Å²) in [6.07, 6.45) is 1.23. The average Bonchev–Trinajstić information content (AvgIpc) is 2.41. The van der Waals surface area contributed by atoms with E-state index in [1.165, 1.54) is 6.42 Å². The third kappa shape index (κ3) is 4.35. The number of carbonyl (C=O) groups is 1. The molecule has 3 atom stereocenters. The van der Waals surface area contributed by atoms with E-state index in [1.807, 2.05) is 6.92 Å². The summed E-state index contributed by atoms with van der Waals surface area (Å²) >= 11 is 12.0. The number of likely N-dealkylation sites (tertiary alicyclic amines) is 1. The van der Waals surface area contributed by atoms with E-state index in [0.29, 0.717) is 27.6 Å². The molecule has 2 rings (SSSR count). The number of anilines is 1. The van der Waals surface area contributed by atoms with Crippen molar-refractivity contribution in [2.75, 3.05) is 18.4 Å². The summed E-state index contributed by atoms with van der Waals surface area (Å²) in [5, 5.41) is 3.94. The lowest BCUT2D eigenvalue weighted by Gasteiger charge is -2.38. The van der Waals surface area contributed by atoms with Crippen molar-refractivity contribution in [3.8, 4) is 0 Å². The number of nitrogens with one attached hydrogen (secondary N) is 1. The molecule has 0 aliphatic carbocycles. The van der Waals surface area contributed by atoms with Crippen molar-refractivity contribution in [1.82, 2.24) is 4.90 Å². The minimum Gasteiger partial charge on any atom is -0.323 e. The van der Waals surface area contributed by atoms with Crippen molar-refractivity contribution in [3.05, 3.63) is 28.2 Å². The van der Waals surface area contributed by atoms with E-state index < -0.39 is 0 Å². The number of hydrogen-bond donors (Lipinski definition) is 1. The maximum Gasteiger partial charge on any atom is 0.241 e. The van der Waals surface area contributed by atoms with Crippen LogP contribution in [0.15, 0.2) is 18.2 Å². The fourth-order valence-corrected chi connectivity index (χ4v) is 3.36. The highest BCUT2D eigenvalue weighted by Gasteiger charge is 2.29. The molecule has 0 saturated carbocycles. The Morgan fingerprint density at radius 3 is 2.52 bits per heavy atom. The summed E-state index contributed by atoms with van der Waals surface area (Å²) in [5.41, 5.74) is 0.569. The first kappa shape index (κ1) is 16.6. The number of rotatable bonds is 3. The van der Waals surface area contributed by atoms with Gasteiger partial charge in [0.15, 0.2) is 0 Å². The largest absolute Gasteiger partial charge is 0.323 e. The van der Waals surface area contributed by atoms with Crippen molar-refractivity contribution in [2.24, 2.45) is 11.8 Å². The van der Waals surface area contributed by atoms with E-state index in [-0.39, 0.29) is 11.9 Å². The highest BCUT2D eigenvalue weighted by atomic mass is 35.5. The zero-order valence-corrected chi connectivity index (χ0v) is 14.2. The number of hydrogen-bond acceptors (Lipinski definition) is 2. The Hall–Kier alpha value is -0.770. The van der Waals surface area contributed by atoms with E-state index in [1.54, 1.807) is 18.2 Å². The van der Waals surface area contributed by atoms with Crippen LogP contribution < -0.4 is 5.32 Å². The number of carbonyl (C=O) groups excluding carboxylic acids is 1. The van der Waals surface area contributed by atoms with Gasteiger partial charge in [-0.2, -0.15) is 0 Å². The minimum atomic E-state index is -0.176. The Kier molecular flexibility index (Phi) is 5.53. The van der Waals surface area contributed by atoms with Crippen LogP contribution in [0.5, 0.6) is 0 Å². The van der Waals surface area contributed by atoms with Gasteiger partial charge in [-0.15, -0.1) is 0 Å². The maximum atomic E-state index is 12.4. The van der Waals surface area contributed by atoms with Gasteiger partial charge in [0.25, 0.3) is 0 Å². The number of nitrogens with zero attached hydrogens (tertiary/aromatic N) is 1. The zero-order valence-electron chi connectivity index (χ0n) is 12.7. The normalized spacial score (nSPS) is 24.6. The Balaban J connectivity index is 2.04. The Morgan fingerprint density at radius 1 is 1.29 bits per heavy atom. The fraction of sp³-hybridized carbons (Fsp3) is 0.562. The Bertz CT molecular complexity index is 511. The molecule has 1 N–H and O–H groups in total. The van der Waals surface area contributed by atoms with Gasteiger partial charge >= 0.3 is 0 Å². The molecule has 21 heavy (non-hydrogen) atoms. The van der Waals surface area contributed by atoms with E-state index in [4.69, 9.17) is 23.2 Å². The molecule has 1 fully saturated rings. The van der Waals surface area contributed by atoms with Crippen LogP contribution in [0.4, 0.5) is 5.69 Å². The first-order chi connectivity index (χ1) is 9.86. The van der Waals surface area contributed by atoms with Crippen LogP contribution in [0.2, 0.25) is 10.0 Å². The monoisotopic (exact) mass is 328 g/mol. The highest BCUT2D eigenvalue weighted by Crippen LogP contribution is 2.27. The second-order valence-corrected chi connectivity index (χ2v) is 7.03. The van der Waals surface area contributed by atoms with Gasteiger partial charge in [-0.05, 0) is 43.4 Å². The predicted molar refractivity (Wildman–Crippen MR) is 89.1 cm³/mol. The van der Waals surface area contributed by atoms with Crippen LogP contribution in [-0.4, -0.2) is 29.9 Å². The van der Waals surface area contributed by atoms with Crippen LogP contribution in [0.25, 0.3) is 0 Å². The van der Waals surface area contributed by atoms with E-state index in [9.17, 15) is 4.79 Å². The fourth-order valence-electron chi connectivity index (χ4n) is 3.02. The SMILES string of the molecule is C[C@@H]1C[C@H](C)CN([C@H](C)C(=O)Nc2cc(Cl)ccc2Cl)C1. The smallest absolute Gasteiger partial charge is 0.241 e. The summed E-state index contributed by atoms with van der Waals surface area (Å²) < 4.78 is 0. The van der Waals surface area contributed by atoms with E-state index in [0.717, 1.165) is 13.1 Å². The van der Waals surface area contributed by atoms with Crippen LogP contribution in [0, 0.1) is 11.8 Å². The van der Waals surface area contributed by atoms with Gasteiger partial charge in [-0.1, -0.05) is 37.0 Å². The van der Waals surface area contributed by atoms with Gasteiger partial charge in [0.05, 0.1) is 16.8 Å². The van der Waals surface area contributed by atoms with Gasteiger partial charge in [-0.25, -0.2) is 0 Å². The van der Waals surface area contributed by atoms with Crippen LogP contribution in [0.3, 0.4) is 0 Å². The second-order valence-electron chi connectivity index (χ2n) is 6.19. The van der Waals surface area contributed by atoms with Crippen molar-refractivity contribution in [2.45, 2.75) is 33.2 Å². The lowest BCUT2D eigenvalue weighted by atomic mass is 9.91. The lowest BCUT2D eigenvalue weighted by molar-refractivity contribution is -0.121. The van der Waals surface area contributed by atoms with E-state index in [2.05, 4.69) is 24.1 Å². The Labute approximate surface area is 136 Å². The van der Waals surface area contributed by atoms with Crippen LogP contribution in [0.1, 0.15) is 27.2 Å². The standard InChI is InChI=1S/C16H22Cl2N2O/c1-10-6-11(2)9-20(8-10)12(3)16(21)19-15-7-13(17)4-5-14(15)18/h4-5,7,10-12H,6,8-9H2,1-3H3,(H,19,21)/t10-,11+,12-/m1/s1. The molecule has 1 aromatic rings. The van der Waals surface area contributed by atoms with Gasteiger partial charge in [0.1, 0.15) is 0 Å². The van der Waals surface area contributed by atoms with Gasteiger partial charge in [0.2, 0.25) is 5.91 Å². The summed E-state index contributed by atoms with van der Waals surface area (Å²) in [5.74, 6) is 1.21. The average molecular weight is 329 g/mol. The third-order valence-corrected chi connectivity index (χ3v) is 4.58. The summed E-state index contributed by atoms with van der Waals surface area (Å²) in [6.45, 7) is 8.34. The highest BCUT2D eigenvalue weighted by molar-refractivity contribution is 6.35. The van der Waals surface area contributed by atoms with Crippen molar-refractivity contribution < 1.29 is 4.79 Å². The lowest BCUT2D eigenvalue weighted by Crippen LogP contribution is -2.48.